The molecule has 0 fully saturated rings. The normalized spacial score (nSPS) is 12.2. The lowest BCUT2D eigenvalue weighted by molar-refractivity contribution is -0.187. The molecule has 0 aliphatic rings. The van der Waals surface area contributed by atoms with Crippen LogP contribution in [0.15, 0.2) is 30.3 Å². The molecule has 0 aliphatic heterocycles. The molecular formula is C14H21NO4S. The van der Waals surface area contributed by atoms with Crippen LogP contribution in [0, 0.1) is 0 Å². The molecule has 1 aromatic carbocycles. The van der Waals surface area contributed by atoms with Gasteiger partial charge in [0.2, 0.25) is 9.84 Å². The minimum atomic E-state index is -3.82. The Kier molecular flexibility index (Phi) is 5.30. The van der Waals surface area contributed by atoms with Crippen molar-refractivity contribution in [2.45, 2.75) is 32.8 Å². The highest BCUT2D eigenvalue weighted by Gasteiger charge is 2.28. The van der Waals surface area contributed by atoms with Crippen molar-refractivity contribution in [3.8, 4) is 0 Å². The first-order valence-corrected chi connectivity index (χ1v) is 8.23. The highest BCUT2D eigenvalue weighted by Crippen LogP contribution is 2.14. The lowest BCUT2D eigenvalue weighted by atomic mass is 10.1. The SMILES string of the molecule is CC(C)(C)ON(CCc1ccccc1)C(=O)S(C)(=O)=O. The van der Waals surface area contributed by atoms with E-state index in [1.165, 1.54) is 0 Å². The molecule has 0 saturated heterocycles. The monoisotopic (exact) mass is 299 g/mol. The third kappa shape index (κ3) is 5.71. The summed E-state index contributed by atoms with van der Waals surface area (Å²) >= 11 is 0. The number of hydrogen-bond acceptors (Lipinski definition) is 4. The van der Waals surface area contributed by atoms with Gasteiger partial charge in [-0.1, -0.05) is 30.3 Å². The molecule has 112 valence electrons. The van der Waals surface area contributed by atoms with Crippen molar-refractivity contribution < 1.29 is 18.0 Å². The Bertz CT molecular complexity index is 546. The number of amides is 1. The van der Waals surface area contributed by atoms with Crippen LogP contribution in [0.25, 0.3) is 0 Å². The van der Waals surface area contributed by atoms with Crippen LogP contribution < -0.4 is 0 Å². The largest absolute Gasteiger partial charge is 0.362 e. The van der Waals surface area contributed by atoms with Gasteiger partial charge in [-0.25, -0.2) is 13.5 Å². The minimum Gasteiger partial charge on any atom is -0.264 e. The Labute approximate surface area is 120 Å². The van der Waals surface area contributed by atoms with E-state index in [9.17, 15) is 13.2 Å². The smallest absolute Gasteiger partial charge is 0.264 e. The van der Waals surface area contributed by atoms with Gasteiger partial charge in [0.1, 0.15) is 0 Å². The molecule has 0 spiro atoms. The lowest BCUT2D eigenvalue weighted by Crippen LogP contribution is -2.41. The van der Waals surface area contributed by atoms with Crippen LogP contribution in [0.4, 0.5) is 4.79 Å². The van der Waals surface area contributed by atoms with Crippen molar-refractivity contribution in [1.82, 2.24) is 5.06 Å². The van der Waals surface area contributed by atoms with Crippen molar-refractivity contribution in [1.29, 1.82) is 0 Å². The molecule has 0 aliphatic carbocycles. The fourth-order valence-corrected chi connectivity index (χ4v) is 2.06. The van der Waals surface area contributed by atoms with Crippen LogP contribution in [-0.2, 0) is 21.1 Å². The van der Waals surface area contributed by atoms with Gasteiger partial charge in [-0.15, -0.1) is 0 Å². The van der Waals surface area contributed by atoms with E-state index in [4.69, 9.17) is 4.84 Å². The number of benzene rings is 1. The van der Waals surface area contributed by atoms with Gasteiger partial charge in [-0.3, -0.25) is 9.63 Å². The van der Waals surface area contributed by atoms with E-state index in [1.54, 1.807) is 20.8 Å². The fraction of sp³-hybridized carbons (Fsp3) is 0.500. The molecule has 0 unspecified atom stereocenters. The zero-order chi connectivity index (χ0) is 15.4. The van der Waals surface area contributed by atoms with E-state index in [0.717, 1.165) is 16.9 Å². The first-order chi connectivity index (χ1) is 9.09. The Hall–Kier alpha value is -1.40. The second-order valence-electron chi connectivity index (χ2n) is 5.58. The zero-order valence-electron chi connectivity index (χ0n) is 12.3. The topological polar surface area (TPSA) is 63.7 Å². The van der Waals surface area contributed by atoms with Gasteiger partial charge in [0.15, 0.2) is 0 Å². The summed E-state index contributed by atoms with van der Waals surface area (Å²) in [6.07, 6.45) is 1.41. The average molecular weight is 299 g/mol. The molecule has 0 saturated carbocycles. The number of rotatable bonds is 4. The molecule has 6 heteroatoms. The summed E-state index contributed by atoms with van der Waals surface area (Å²) in [5.41, 5.74) is 0.369. The Balaban J connectivity index is 2.81. The predicted molar refractivity (Wildman–Crippen MR) is 77.9 cm³/mol. The van der Waals surface area contributed by atoms with Crippen molar-refractivity contribution in [2.24, 2.45) is 0 Å². The molecule has 0 bridgehead atoms. The molecule has 0 radical (unpaired) electrons. The van der Waals surface area contributed by atoms with E-state index in [0.29, 0.717) is 6.42 Å². The number of carbonyl (C=O) groups is 1. The second-order valence-corrected chi connectivity index (χ2v) is 7.47. The quantitative estimate of drug-likeness (QED) is 0.801. The lowest BCUT2D eigenvalue weighted by Gasteiger charge is -2.29. The van der Waals surface area contributed by atoms with Gasteiger partial charge >= 0.3 is 5.24 Å². The molecule has 1 amide bonds. The zero-order valence-corrected chi connectivity index (χ0v) is 13.1. The van der Waals surface area contributed by atoms with Crippen LogP contribution in [0.1, 0.15) is 26.3 Å². The summed E-state index contributed by atoms with van der Waals surface area (Å²) in [6, 6.07) is 9.51. The maximum absolute atomic E-state index is 11.9. The molecule has 1 aromatic rings. The van der Waals surface area contributed by atoms with Crippen molar-refractivity contribution in [2.75, 3.05) is 12.8 Å². The number of carbonyl (C=O) groups excluding carboxylic acids is 1. The van der Waals surface area contributed by atoms with Gasteiger partial charge in [-0.2, -0.15) is 0 Å². The van der Waals surface area contributed by atoms with Crippen molar-refractivity contribution >= 4 is 15.1 Å². The van der Waals surface area contributed by atoms with Crippen LogP contribution in [-0.4, -0.2) is 37.1 Å². The van der Waals surface area contributed by atoms with Crippen LogP contribution in [0.3, 0.4) is 0 Å². The highest BCUT2D eigenvalue weighted by atomic mass is 32.2. The summed E-state index contributed by atoms with van der Waals surface area (Å²) in [6.45, 7) is 5.47. The number of hydroxylamine groups is 2. The molecule has 0 N–H and O–H groups in total. The second kappa shape index (κ2) is 6.37. The van der Waals surface area contributed by atoms with Gasteiger partial charge < -0.3 is 0 Å². The van der Waals surface area contributed by atoms with Crippen LogP contribution in [0.2, 0.25) is 0 Å². The van der Waals surface area contributed by atoms with Gasteiger partial charge in [-0.05, 0) is 32.8 Å². The van der Waals surface area contributed by atoms with Gasteiger partial charge in [0.25, 0.3) is 0 Å². The fourth-order valence-electron chi connectivity index (χ4n) is 1.57. The average Bonchev–Trinajstić information content (AvgIpc) is 2.32. The molecule has 20 heavy (non-hydrogen) atoms. The van der Waals surface area contributed by atoms with Crippen molar-refractivity contribution in [3.63, 3.8) is 0 Å². The van der Waals surface area contributed by atoms with Crippen LogP contribution in [0.5, 0.6) is 0 Å². The van der Waals surface area contributed by atoms with E-state index in [2.05, 4.69) is 0 Å². The maximum Gasteiger partial charge on any atom is 0.362 e. The summed E-state index contributed by atoms with van der Waals surface area (Å²) in [5.74, 6) is 0. The van der Waals surface area contributed by atoms with E-state index in [1.807, 2.05) is 30.3 Å². The number of sulfone groups is 1. The van der Waals surface area contributed by atoms with E-state index >= 15 is 0 Å². The molecule has 1 rings (SSSR count). The van der Waals surface area contributed by atoms with E-state index < -0.39 is 20.7 Å². The van der Waals surface area contributed by atoms with Gasteiger partial charge in [0, 0.05) is 6.26 Å². The molecule has 0 atom stereocenters. The maximum atomic E-state index is 11.9. The van der Waals surface area contributed by atoms with Crippen molar-refractivity contribution in [3.05, 3.63) is 35.9 Å². The summed E-state index contributed by atoms with van der Waals surface area (Å²) in [5, 5.41) is -0.0779. The third-order valence-electron chi connectivity index (χ3n) is 2.35. The van der Waals surface area contributed by atoms with Gasteiger partial charge in [0.05, 0.1) is 12.1 Å². The van der Waals surface area contributed by atoms with Crippen LogP contribution >= 0.6 is 0 Å². The standard InChI is InChI=1S/C14H21NO4S/c1-14(2,3)19-15(13(16)20(4,17)18)11-10-12-8-6-5-7-9-12/h5-9H,10-11H2,1-4H3. The Morgan fingerprint density at radius 1 is 1.20 bits per heavy atom. The summed E-state index contributed by atoms with van der Waals surface area (Å²) < 4.78 is 22.8. The minimum absolute atomic E-state index is 0.188. The Morgan fingerprint density at radius 3 is 2.20 bits per heavy atom. The first-order valence-electron chi connectivity index (χ1n) is 6.34. The predicted octanol–water partition coefficient (Wildman–Crippen LogP) is 2.43. The molecule has 0 heterocycles. The molecular weight excluding hydrogens is 278 g/mol. The summed E-state index contributed by atoms with van der Waals surface area (Å²) in [4.78, 5) is 17.3. The van der Waals surface area contributed by atoms with E-state index in [-0.39, 0.29) is 6.54 Å². The highest BCUT2D eigenvalue weighted by molar-refractivity contribution is 8.05. The number of nitrogens with zero attached hydrogens (tertiary/aromatic N) is 1. The Morgan fingerprint density at radius 2 is 1.75 bits per heavy atom. The third-order valence-corrected chi connectivity index (χ3v) is 3.19. The molecule has 5 nitrogen and oxygen atoms in total. The number of hydrogen-bond donors (Lipinski definition) is 0. The summed E-state index contributed by atoms with van der Waals surface area (Å²) in [7, 11) is -3.82. The molecule has 0 aromatic heterocycles. The first kappa shape index (κ1) is 16.7.